The largest absolute Gasteiger partial charge is 0.449 e. The number of nitrogen functional groups attached to an aromatic ring is 1. The van der Waals surface area contributed by atoms with Crippen molar-refractivity contribution in [1.82, 2.24) is 10.6 Å². The summed E-state index contributed by atoms with van der Waals surface area (Å²) in [6.45, 7) is 1.20. The van der Waals surface area contributed by atoms with Crippen molar-refractivity contribution in [1.29, 1.82) is 0 Å². The summed E-state index contributed by atoms with van der Waals surface area (Å²) in [5.41, 5.74) is 4.62. The van der Waals surface area contributed by atoms with E-state index in [0.717, 1.165) is 0 Å². The number of hydrogen-bond acceptors (Lipinski definition) is 5. The highest BCUT2D eigenvalue weighted by atomic mass is 19.2. The van der Waals surface area contributed by atoms with E-state index >= 15 is 0 Å². The number of benzene rings is 1. The van der Waals surface area contributed by atoms with E-state index in [2.05, 4.69) is 5.32 Å². The third-order valence-electron chi connectivity index (χ3n) is 2.43. The lowest BCUT2D eigenvalue weighted by Gasteiger charge is -2.13. The Morgan fingerprint density at radius 3 is 2.38 bits per heavy atom. The van der Waals surface area contributed by atoms with Gasteiger partial charge in [-0.1, -0.05) is 0 Å². The minimum Gasteiger partial charge on any atom is -0.449 e. The molecule has 1 aromatic rings. The average molecular weight is 301 g/mol. The van der Waals surface area contributed by atoms with Gasteiger partial charge in [-0.25, -0.2) is 18.4 Å². The Morgan fingerprint density at radius 2 is 1.81 bits per heavy atom. The van der Waals surface area contributed by atoms with Gasteiger partial charge in [-0.2, -0.15) is 0 Å². The molecule has 0 heterocycles. The Kier molecular flexibility index (Phi) is 5.17. The van der Waals surface area contributed by atoms with Crippen LogP contribution in [0.4, 0.5) is 19.3 Å². The zero-order valence-electron chi connectivity index (χ0n) is 11.2. The molecular formula is C12H13F2N3O4. The van der Waals surface area contributed by atoms with Gasteiger partial charge in [-0.3, -0.25) is 10.1 Å². The van der Waals surface area contributed by atoms with E-state index in [1.165, 1.54) is 14.0 Å². The van der Waals surface area contributed by atoms with Crippen molar-refractivity contribution in [2.24, 2.45) is 0 Å². The standard InChI is InChI=1S/C12H13F2N3O4/c1-5(10(18)17-12(20)16-2)21-11(19)6-3-7(13)8(14)4-9(6)15/h3-5H,15H2,1-2H3,(H2,16,17,18,20). The van der Waals surface area contributed by atoms with Crippen molar-refractivity contribution in [3.63, 3.8) is 0 Å². The Balaban J connectivity index is 2.79. The number of ether oxygens (including phenoxy) is 1. The van der Waals surface area contributed by atoms with Crippen LogP contribution in [0.15, 0.2) is 12.1 Å². The van der Waals surface area contributed by atoms with Gasteiger partial charge >= 0.3 is 12.0 Å². The van der Waals surface area contributed by atoms with Gasteiger partial charge in [0.2, 0.25) is 0 Å². The molecule has 0 spiro atoms. The molecule has 0 aliphatic carbocycles. The molecule has 1 aromatic carbocycles. The lowest BCUT2D eigenvalue weighted by molar-refractivity contribution is -0.127. The number of anilines is 1. The second-order valence-corrected chi connectivity index (χ2v) is 3.97. The zero-order chi connectivity index (χ0) is 16.2. The summed E-state index contributed by atoms with van der Waals surface area (Å²) >= 11 is 0. The lowest BCUT2D eigenvalue weighted by Crippen LogP contribution is -2.43. The van der Waals surface area contributed by atoms with Crippen LogP contribution in [0.2, 0.25) is 0 Å². The van der Waals surface area contributed by atoms with E-state index in [9.17, 15) is 23.2 Å². The average Bonchev–Trinajstić information content (AvgIpc) is 2.42. The second-order valence-electron chi connectivity index (χ2n) is 3.97. The van der Waals surface area contributed by atoms with E-state index in [1.54, 1.807) is 0 Å². The summed E-state index contributed by atoms with van der Waals surface area (Å²) in [6, 6.07) is 0.410. The first-order chi connectivity index (χ1) is 9.76. The highest BCUT2D eigenvalue weighted by Crippen LogP contribution is 2.18. The van der Waals surface area contributed by atoms with Gasteiger partial charge in [0.25, 0.3) is 5.91 Å². The number of esters is 1. The van der Waals surface area contributed by atoms with Crippen LogP contribution in [0.3, 0.4) is 0 Å². The van der Waals surface area contributed by atoms with Crippen molar-refractivity contribution in [2.45, 2.75) is 13.0 Å². The number of carbonyl (C=O) groups excluding carboxylic acids is 3. The normalized spacial score (nSPS) is 11.4. The maximum atomic E-state index is 13.1. The molecule has 0 fully saturated rings. The number of imide groups is 1. The zero-order valence-corrected chi connectivity index (χ0v) is 11.2. The van der Waals surface area contributed by atoms with Gasteiger partial charge in [0.15, 0.2) is 17.7 Å². The lowest BCUT2D eigenvalue weighted by atomic mass is 10.1. The quantitative estimate of drug-likeness (QED) is 0.557. The minimum atomic E-state index is -1.33. The third-order valence-corrected chi connectivity index (χ3v) is 2.43. The number of nitrogens with two attached hydrogens (primary N) is 1. The molecular weight excluding hydrogens is 288 g/mol. The van der Waals surface area contributed by atoms with E-state index in [1.807, 2.05) is 5.32 Å². The molecule has 0 saturated heterocycles. The molecule has 0 aliphatic rings. The summed E-state index contributed by atoms with van der Waals surface area (Å²) in [6.07, 6.45) is -1.33. The van der Waals surface area contributed by atoms with Crippen LogP contribution in [0.1, 0.15) is 17.3 Å². The topological polar surface area (TPSA) is 111 Å². The van der Waals surface area contributed by atoms with Crippen LogP contribution in [-0.2, 0) is 9.53 Å². The first-order valence-electron chi connectivity index (χ1n) is 5.74. The Bertz CT molecular complexity index is 592. The van der Waals surface area contributed by atoms with Gasteiger partial charge in [-0.05, 0) is 13.0 Å². The SMILES string of the molecule is CNC(=O)NC(=O)C(C)OC(=O)c1cc(F)c(F)cc1N. The fraction of sp³-hybridized carbons (Fsp3) is 0.250. The Hall–Kier alpha value is -2.71. The molecule has 0 bridgehead atoms. The molecule has 0 radical (unpaired) electrons. The first-order valence-corrected chi connectivity index (χ1v) is 5.74. The van der Waals surface area contributed by atoms with E-state index in [0.29, 0.717) is 12.1 Å². The second kappa shape index (κ2) is 6.64. The molecule has 4 N–H and O–H groups in total. The number of carbonyl (C=O) groups is 3. The fourth-order valence-corrected chi connectivity index (χ4v) is 1.29. The van der Waals surface area contributed by atoms with E-state index < -0.39 is 41.2 Å². The van der Waals surface area contributed by atoms with Gasteiger partial charge < -0.3 is 15.8 Å². The van der Waals surface area contributed by atoms with Crippen LogP contribution < -0.4 is 16.4 Å². The Labute approximate surface area is 118 Å². The molecule has 21 heavy (non-hydrogen) atoms. The van der Waals surface area contributed by atoms with Crippen molar-refractivity contribution >= 4 is 23.6 Å². The van der Waals surface area contributed by atoms with E-state index in [-0.39, 0.29) is 5.69 Å². The van der Waals surface area contributed by atoms with Crippen molar-refractivity contribution in [3.05, 3.63) is 29.3 Å². The van der Waals surface area contributed by atoms with Crippen LogP contribution in [0, 0.1) is 11.6 Å². The van der Waals surface area contributed by atoms with Crippen LogP contribution in [-0.4, -0.2) is 31.1 Å². The molecule has 1 rings (SSSR count). The number of rotatable bonds is 3. The molecule has 7 nitrogen and oxygen atoms in total. The maximum absolute atomic E-state index is 13.1. The Morgan fingerprint density at radius 1 is 1.24 bits per heavy atom. The van der Waals surface area contributed by atoms with Crippen LogP contribution >= 0.6 is 0 Å². The molecule has 114 valence electrons. The molecule has 9 heteroatoms. The molecule has 0 aliphatic heterocycles. The predicted molar refractivity (Wildman–Crippen MR) is 68.2 cm³/mol. The number of urea groups is 1. The number of hydrogen-bond donors (Lipinski definition) is 3. The maximum Gasteiger partial charge on any atom is 0.341 e. The van der Waals surface area contributed by atoms with Crippen LogP contribution in [0.5, 0.6) is 0 Å². The summed E-state index contributed by atoms with van der Waals surface area (Å²) in [5, 5.41) is 4.03. The van der Waals surface area contributed by atoms with Gasteiger partial charge in [0, 0.05) is 18.8 Å². The van der Waals surface area contributed by atoms with Gasteiger partial charge in [-0.15, -0.1) is 0 Å². The monoisotopic (exact) mass is 301 g/mol. The smallest absolute Gasteiger partial charge is 0.341 e. The molecule has 0 saturated carbocycles. The van der Waals surface area contributed by atoms with Crippen molar-refractivity contribution in [2.75, 3.05) is 12.8 Å². The highest BCUT2D eigenvalue weighted by molar-refractivity contribution is 5.99. The van der Waals surface area contributed by atoms with Gasteiger partial charge in [0.1, 0.15) is 0 Å². The molecule has 0 aromatic heterocycles. The first kappa shape index (κ1) is 16.3. The predicted octanol–water partition coefficient (Wildman–Crippen LogP) is 0.548. The highest BCUT2D eigenvalue weighted by Gasteiger charge is 2.22. The molecule has 1 atom stereocenters. The van der Waals surface area contributed by atoms with E-state index in [4.69, 9.17) is 10.5 Å². The molecule has 3 amide bonds. The van der Waals surface area contributed by atoms with Gasteiger partial charge in [0.05, 0.1) is 5.56 Å². The molecule has 1 unspecified atom stereocenters. The minimum absolute atomic E-state index is 0.335. The summed E-state index contributed by atoms with van der Waals surface area (Å²) in [7, 11) is 1.29. The summed E-state index contributed by atoms with van der Waals surface area (Å²) in [5.74, 6) is -4.50. The summed E-state index contributed by atoms with van der Waals surface area (Å²) < 4.78 is 30.7. The summed E-state index contributed by atoms with van der Waals surface area (Å²) in [4.78, 5) is 34.1. The number of nitrogens with one attached hydrogen (secondary N) is 2. The third kappa shape index (κ3) is 4.13. The fourth-order valence-electron chi connectivity index (χ4n) is 1.29. The van der Waals surface area contributed by atoms with Crippen molar-refractivity contribution in [3.8, 4) is 0 Å². The number of amides is 3. The van der Waals surface area contributed by atoms with Crippen molar-refractivity contribution < 1.29 is 27.9 Å². The number of halogens is 2. The van der Waals surface area contributed by atoms with Crippen LogP contribution in [0.25, 0.3) is 0 Å².